The summed E-state index contributed by atoms with van der Waals surface area (Å²) in [7, 11) is 0. The number of nitro groups is 1. The molecule has 0 spiro atoms. The maximum absolute atomic E-state index is 10.7. The van der Waals surface area contributed by atoms with Crippen LogP contribution >= 0.6 is 23.2 Å². The molecule has 94 valence electrons. The third-order valence-corrected chi connectivity index (χ3v) is 3.31. The van der Waals surface area contributed by atoms with E-state index in [1.165, 1.54) is 12.4 Å². The lowest BCUT2D eigenvalue weighted by molar-refractivity contribution is -0.385. The average molecular weight is 286 g/mol. The third kappa shape index (κ3) is 2.47. The highest BCUT2D eigenvalue weighted by Gasteiger charge is 2.11. The molecule has 0 saturated carbocycles. The largest absolute Gasteiger partial charge is 0.316 e. The molecule has 0 fully saturated rings. The van der Waals surface area contributed by atoms with Gasteiger partial charge >= 0.3 is 0 Å². The van der Waals surface area contributed by atoms with Crippen molar-refractivity contribution in [3.8, 4) is 0 Å². The lowest BCUT2D eigenvalue weighted by Crippen LogP contribution is -2.00. The Balaban J connectivity index is 2.28. The molecule has 7 heteroatoms. The van der Waals surface area contributed by atoms with Gasteiger partial charge in [0.2, 0.25) is 0 Å². The van der Waals surface area contributed by atoms with E-state index in [1.54, 1.807) is 23.6 Å². The zero-order chi connectivity index (χ0) is 13.3. The summed E-state index contributed by atoms with van der Waals surface area (Å²) in [5.74, 6) is 0. The lowest BCUT2D eigenvalue weighted by atomic mass is 10.1. The van der Waals surface area contributed by atoms with Crippen LogP contribution < -0.4 is 0 Å². The molecule has 0 atom stereocenters. The fraction of sp³-hybridized carbons (Fsp3) is 0.182. The van der Waals surface area contributed by atoms with Crippen molar-refractivity contribution in [2.45, 2.75) is 13.5 Å². The van der Waals surface area contributed by atoms with E-state index >= 15 is 0 Å². The summed E-state index contributed by atoms with van der Waals surface area (Å²) >= 11 is 11.7. The molecule has 1 aromatic carbocycles. The van der Waals surface area contributed by atoms with Gasteiger partial charge in [-0.15, -0.1) is 0 Å². The molecule has 0 bridgehead atoms. The van der Waals surface area contributed by atoms with Gasteiger partial charge in [-0.05, 0) is 18.6 Å². The standard InChI is InChI=1S/C11H9Cl2N3O2/c1-7-4-8(2-3-9(7)16(17)18)5-15-6-14-10(12)11(15)13/h2-4,6H,5H2,1H3. The topological polar surface area (TPSA) is 61.0 Å². The number of hydrogen-bond donors (Lipinski definition) is 0. The van der Waals surface area contributed by atoms with E-state index in [4.69, 9.17) is 23.2 Å². The molecule has 0 unspecified atom stereocenters. The molecular formula is C11H9Cl2N3O2. The average Bonchev–Trinajstić information content (AvgIpc) is 2.61. The second-order valence-electron chi connectivity index (χ2n) is 3.83. The fourth-order valence-electron chi connectivity index (χ4n) is 1.67. The third-order valence-electron chi connectivity index (χ3n) is 2.54. The zero-order valence-electron chi connectivity index (χ0n) is 9.43. The van der Waals surface area contributed by atoms with Gasteiger partial charge in [-0.25, -0.2) is 4.98 Å². The molecular weight excluding hydrogens is 277 g/mol. The van der Waals surface area contributed by atoms with Gasteiger partial charge in [0, 0.05) is 18.2 Å². The smallest absolute Gasteiger partial charge is 0.272 e. The van der Waals surface area contributed by atoms with Gasteiger partial charge in [-0.2, -0.15) is 0 Å². The van der Waals surface area contributed by atoms with Gasteiger partial charge in [-0.1, -0.05) is 29.3 Å². The predicted molar refractivity (Wildman–Crippen MR) is 69.2 cm³/mol. The molecule has 5 nitrogen and oxygen atoms in total. The molecule has 2 rings (SSSR count). The normalized spacial score (nSPS) is 10.6. The first-order valence-electron chi connectivity index (χ1n) is 5.09. The van der Waals surface area contributed by atoms with Gasteiger partial charge in [-0.3, -0.25) is 10.1 Å². The summed E-state index contributed by atoms with van der Waals surface area (Å²) < 4.78 is 1.67. The van der Waals surface area contributed by atoms with Gasteiger partial charge in [0.05, 0.1) is 11.3 Å². The summed E-state index contributed by atoms with van der Waals surface area (Å²) in [6.45, 7) is 2.17. The SMILES string of the molecule is Cc1cc(Cn2cnc(Cl)c2Cl)ccc1[N+](=O)[O-]. The molecule has 1 aromatic heterocycles. The summed E-state index contributed by atoms with van der Waals surface area (Å²) in [6, 6.07) is 4.93. The lowest BCUT2D eigenvalue weighted by Gasteiger charge is -2.05. The van der Waals surface area contributed by atoms with Crippen molar-refractivity contribution in [1.82, 2.24) is 9.55 Å². The van der Waals surface area contributed by atoms with E-state index < -0.39 is 4.92 Å². The van der Waals surface area contributed by atoms with Crippen LogP contribution in [0.4, 0.5) is 5.69 Å². The summed E-state index contributed by atoms with van der Waals surface area (Å²) in [5, 5.41) is 11.3. The highest BCUT2D eigenvalue weighted by Crippen LogP contribution is 2.23. The van der Waals surface area contributed by atoms with E-state index in [9.17, 15) is 10.1 Å². The maximum Gasteiger partial charge on any atom is 0.272 e. The van der Waals surface area contributed by atoms with E-state index in [-0.39, 0.29) is 10.8 Å². The van der Waals surface area contributed by atoms with Crippen LogP contribution in [0.1, 0.15) is 11.1 Å². The van der Waals surface area contributed by atoms with Gasteiger partial charge in [0.1, 0.15) is 5.15 Å². The van der Waals surface area contributed by atoms with Crippen LogP contribution in [0.25, 0.3) is 0 Å². The number of nitrogens with zero attached hydrogens (tertiary/aromatic N) is 3. The van der Waals surface area contributed by atoms with E-state index in [2.05, 4.69) is 4.98 Å². The Kier molecular flexibility index (Phi) is 3.54. The highest BCUT2D eigenvalue weighted by atomic mass is 35.5. The van der Waals surface area contributed by atoms with Crippen LogP contribution in [-0.2, 0) is 6.54 Å². The van der Waals surface area contributed by atoms with E-state index in [0.717, 1.165) is 5.56 Å². The molecule has 0 aliphatic carbocycles. The van der Waals surface area contributed by atoms with Crippen molar-refractivity contribution in [1.29, 1.82) is 0 Å². The van der Waals surface area contributed by atoms with Gasteiger partial charge in [0.25, 0.3) is 5.69 Å². The highest BCUT2D eigenvalue weighted by molar-refractivity contribution is 6.40. The number of benzene rings is 1. The fourth-order valence-corrected chi connectivity index (χ4v) is 1.97. The van der Waals surface area contributed by atoms with E-state index in [1.807, 2.05) is 0 Å². The Morgan fingerprint density at radius 1 is 1.44 bits per heavy atom. The van der Waals surface area contributed by atoms with Crippen molar-refractivity contribution in [2.24, 2.45) is 0 Å². The van der Waals surface area contributed by atoms with Crippen LogP contribution in [-0.4, -0.2) is 14.5 Å². The number of halogens is 2. The number of imidazole rings is 1. The molecule has 0 saturated heterocycles. The summed E-state index contributed by atoms with van der Waals surface area (Å²) in [4.78, 5) is 14.2. The Bertz CT molecular complexity index is 610. The first-order valence-corrected chi connectivity index (χ1v) is 5.84. The number of hydrogen-bond acceptors (Lipinski definition) is 3. The van der Waals surface area contributed by atoms with Crippen LogP contribution in [0.5, 0.6) is 0 Å². The Morgan fingerprint density at radius 2 is 2.17 bits per heavy atom. The zero-order valence-corrected chi connectivity index (χ0v) is 10.9. The second kappa shape index (κ2) is 4.96. The van der Waals surface area contributed by atoms with Gasteiger partial charge < -0.3 is 4.57 Å². The Morgan fingerprint density at radius 3 is 2.67 bits per heavy atom. The van der Waals surface area contributed by atoms with Crippen LogP contribution in [0.15, 0.2) is 24.5 Å². The summed E-state index contributed by atoms with van der Waals surface area (Å²) in [6.07, 6.45) is 1.53. The number of aryl methyl sites for hydroxylation is 1. The van der Waals surface area contributed by atoms with Gasteiger partial charge in [0.15, 0.2) is 5.15 Å². The number of nitro benzene ring substituents is 1. The number of rotatable bonds is 3. The van der Waals surface area contributed by atoms with Crippen molar-refractivity contribution in [3.63, 3.8) is 0 Å². The van der Waals surface area contributed by atoms with Crippen molar-refractivity contribution < 1.29 is 4.92 Å². The number of aromatic nitrogens is 2. The molecule has 1 heterocycles. The summed E-state index contributed by atoms with van der Waals surface area (Å²) in [5.41, 5.74) is 1.61. The molecule has 0 N–H and O–H groups in total. The molecule has 0 radical (unpaired) electrons. The molecule has 0 amide bonds. The van der Waals surface area contributed by atoms with E-state index in [0.29, 0.717) is 17.3 Å². The van der Waals surface area contributed by atoms with Crippen LogP contribution in [0.3, 0.4) is 0 Å². The Hall–Kier alpha value is -1.59. The van der Waals surface area contributed by atoms with Crippen LogP contribution in [0.2, 0.25) is 10.3 Å². The van der Waals surface area contributed by atoms with Crippen molar-refractivity contribution in [3.05, 3.63) is 56.1 Å². The predicted octanol–water partition coefficient (Wildman–Crippen LogP) is 3.45. The minimum absolute atomic E-state index is 0.105. The molecule has 0 aliphatic heterocycles. The van der Waals surface area contributed by atoms with Crippen molar-refractivity contribution >= 4 is 28.9 Å². The minimum Gasteiger partial charge on any atom is -0.316 e. The maximum atomic E-state index is 10.7. The first-order chi connectivity index (χ1) is 8.49. The molecule has 0 aliphatic rings. The van der Waals surface area contributed by atoms with Crippen LogP contribution in [0, 0.1) is 17.0 Å². The second-order valence-corrected chi connectivity index (χ2v) is 4.55. The molecule has 18 heavy (non-hydrogen) atoms. The quantitative estimate of drug-likeness (QED) is 0.641. The monoisotopic (exact) mass is 285 g/mol. The van der Waals surface area contributed by atoms with Crippen molar-refractivity contribution in [2.75, 3.05) is 0 Å². The Labute approximate surface area is 113 Å². The molecule has 2 aromatic rings. The minimum atomic E-state index is -0.403. The first kappa shape index (κ1) is 12.9.